The molecule has 2 aromatic carbocycles. The molecule has 1 atom stereocenters. The number of ether oxygens (including phenoxy) is 2. The molecular weight excluding hydrogens is 572 g/mol. The fraction of sp³-hybridized carbons (Fsp3) is 0.528. The van der Waals surface area contributed by atoms with Crippen LogP contribution in [0.2, 0.25) is 0 Å². The van der Waals surface area contributed by atoms with E-state index in [0.29, 0.717) is 29.5 Å². The van der Waals surface area contributed by atoms with Crippen molar-refractivity contribution in [2.75, 3.05) is 12.4 Å². The maximum Gasteiger partial charge on any atom is 0.606 e. The highest BCUT2D eigenvalue weighted by molar-refractivity contribution is 7.99. The summed E-state index contributed by atoms with van der Waals surface area (Å²) in [4.78, 5) is 27.0. The summed E-state index contributed by atoms with van der Waals surface area (Å²) in [7, 11) is 1.91. The van der Waals surface area contributed by atoms with Gasteiger partial charge in [-0.2, -0.15) is 4.79 Å². The summed E-state index contributed by atoms with van der Waals surface area (Å²) in [6.45, 7) is 16.6. The first-order valence-corrected chi connectivity index (χ1v) is 16.7. The molecule has 1 N–H and O–H groups in total. The summed E-state index contributed by atoms with van der Waals surface area (Å²) in [5, 5.41) is 12.6. The molecule has 0 aliphatic carbocycles. The Bertz CT molecular complexity index is 1460. The molecule has 3 rings (SSSR count). The molecule has 0 radical (unpaired) electrons. The average molecular weight is 624 g/mol. The van der Waals surface area contributed by atoms with E-state index in [1.807, 2.05) is 60.3 Å². The zero-order chi connectivity index (χ0) is 32.7. The van der Waals surface area contributed by atoms with Gasteiger partial charge in [-0.1, -0.05) is 72.1 Å². The van der Waals surface area contributed by atoms with Gasteiger partial charge in [-0.25, -0.2) is 0 Å². The number of carbonyl (C=O) groups excluding carboxylic acids is 2. The van der Waals surface area contributed by atoms with Crippen molar-refractivity contribution >= 4 is 46.3 Å². The van der Waals surface area contributed by atoms with Crippen LogP contribution in [0.1, 0.15) is 98.6 Å². The number of nitrogens with zero attached hydrogens (tertiary/aromatic N) is 2. The Morgan fingerprint density at radius 3 is 2.30 bits per heavy atom. The third-order valence-corrected chi connectivity index (χ3v) is 8.64. The fourth-order valence-corrected chi connectivity index (χ4v) is 6.00. The minimum absolute atomic E-state index is 0.0675. The molecular formula is C36H51N2O5S+. The highest BCUT2D eigenvalue weighted by atomic mass is 32.2. The van der Waals surface area contributed by atoms with E-state index in [-0.39, 0.29) is 23.7 Å². The number of thioether (sulfide) groups is 1. The Labute approximate surface area is 267 Å². The van der Waals surface area contributed by atoms with Crippen molar-refractivity contribution in [1.29, 1.82) is 0 Å². The molecule has 1 aromatic heterocycles. The number of amides is 1. The first kappa shape index (κ1) is 35.2. The lowest BCUT2D eigenvalue weighted by Gasteiger charge is -2.19. The predicted octanol–water partition coefficient (Wildman–Crippen LogP) is 9.30. The molecule has 0 bridgehead atoms. The van der Waals surface area contributed by atoms with Crippen LogP contribution in [0, 0.1) is 5.92 Å². The lowest BCUT2D eigenvalue weighted by Crippen LogP contribution is -2.32. The van der Waals surface area contributed by atoms with Crippen molar-refractivity contribution in [3.63, 3.8) is 0 Å². The number of hydrogen-bond acceptors (Lipinski definition) is 5. The summed E-state index contributed by atoms with van der Waals surface area (Å²) in [6, 6.07) is 13.5. The van der Waals surface area contributed by atoms with Crippen LogP contribution in [-0.2, 0) is 26.7 Å². The molecule has 3 aromatic rings. The molecule has 1 unspecified atom stereocenters. The molecule has 1 heterocycles. The number of hydrogen-bond donors (Lipinski definition) is 1. The van der Waals surface area contributed by atoms with E-state index in [0.717, 1.165) is 47.0 Å². The summed E-state index contributed by atoms with van der Waals surface area (Å²) >= 11 is 1.53. The molecule has 0 saturated heterocycles. The minimum Gasteiger partial charge on any atom is -0.465 e. The van der Waals surface area contributed by atoms with Gasteiger partial charge in [0.05, 0.1) is 13.0 Å². The van der Waals surface area contributed by atoms with Crippen LogP contribution < -0.4 is 0 Å². The van der Waals surface area contributed by atoms with Gasteiger partial charge in [0.1, 0.15) is 11.2 Å². The van der Waals surface area contributed by atoms with E-state index in [9.17, 15) is 14.7 Å². The number of unbranched alkanes of at least 4 members (excludes halogenated alkanes) is 1. The van der Waals surface area contributed by atoms with E-state index in [4.69, 9.17) is 9.47 Å². The SMILES string of the molecule is CCCCC(CC)COC(=O)CCSc1cccc2c1c(/C(O)=[N+](\C(=O)OC(C)(C)C)c1ccc(C(C)(C)C)cc1)cn2C. The van der Waals surface area contributed by atoms with Gasteiger partial charge in [-0.3, -0.25) is 4.79 Å². The summed E-state index contributed by atoms with van der Waals surface area (Å²) in [5.74, 6) is 0.516. The van der Waals surface area contributed by atoms with Crippen LogP contribution in [0.5, 0.6) is 0 Å². The van der Waals surface area contributed by atoms with E-state index < -0.39 is 11.7 Å². The van der Waals surface area contributed by atoms with E-state index in [1.54, 1.807) is 20.8 Å². The van der Waals surface area contributed by atoms with Crippen LogP contribution in [-0.4, -0.2) is 50.2 Å². The van der Waals surface area contributed by atoms with Gasteiger partial charge in [-0.15, -0.1) is 11.8 Å². The van der Waals surface area contributed by atoms with Crippen LogP contribution >= 0.6 is 11.8 Å². The number of esters is 1. The summed E-state index contributed by atoms with van der Waals surface area (Å²) in [5.41, 5.74) is 2.18. The maximum atomic E-state index is 13.6. The van der Waals surface area contributed by atoms with Crippen LogP contribution in [0.3, 0.4) is 0 Å². The first-order valence-electron chi connectivity index (χ1n) is 15.7. The third-order valence-electron chi connectivity index (χ3n) is 7.58. The number of rotatable bonds is 12. The van der Waals surface area contributed by atoms with E-state index in [2.05, 4.69) is 34.6 Å². The zero-order valence-electron chi connectivity index (χ0n) is 28.0. The number of fused-ring (bicyclic) bond motifs is 1. The Morgan fingerprint density at radius 1 is 1.02 bits per heavy atom. The molecule has 1 amide bonds. The highest BCUT2D eigenvalue weighted by Gasteiger charge is 2.35. The van der Waals surface area contributed by atoms with Gasteiger partial charge in [0.15, 0.2) is 0 Å². The van der Waals surface area contributed by atoms with Crippen molar-refractivity contribution in [2.45, 2.75) is 103 Å². The lowest BCUT2D eigenvalue weighted by atomic mass is 9.87. The molecule has 0 saturated carbocycles. The largest absolute Gasteiger partial charge is 0.606 e. The number of aliphatic hydroxyl groups excluding tert-OH is 1. The molecule has 44 heavy (non-hydrogen) atoms. The van der Waals surface area contributed by atoms with Gasteiger partial charge in [-0.05, 0) is 60.8 Å². The van der Waals surface area contributed by atoms with Gasteiger partial charge < -0.3 is 19.1 Å². The Morgan fingerprint density at radius 2 is 1.70 bits per heavy atom. The standard InChI is InChI=1S/C36H50N2O5S/c1-10-12-14-25(11-2)24-42-31(39)21-22-44-30-16-13-15-29-32(30)28(23-37(29)9)33(40)38(34(41)43-36(6,7)8)27-19-17-26(18-20-27)35(3,4)5/h13,15-20,23,25H,10-12,14,21-22,24H2,1-9H3/p+1. The number of benzene rings is 2. The Balaban J connectivity index is 1.96. The average Bonchev–Trinajstić information content (AvgIpc) is 3.29. The number of carbonyl (C=O) groups is 2. The normalized spacial score (nSPS) is 13.5. The Hall–Kier alpha value is -3.26. The molecule has 240 valence electrons. The maximum absolute atomic E-state index is 13.6. The molecule has 0 aliphatic heterocycles. The van der Waals surface area contributed by atoms with Crippen molar-refractivity contribution < 1.29 is 28.7 Å². The van der Waals surface area contributed by atoms with Crippen LogP contribution in [0.15, 0.2) is 53.6 Å². The second-order valence-corrected chi connectivity index (χ2v) is 14.6. The van der Waals surface area contributed by atoms with Gasteiger partial charge in [0, 0.05) is 46.9 Å². The topological polar surface area (TPSA) is 80.8 Å². The van der Waals surface area contributed by atoms with Crippen molar-refractivity contribution in [2.24, 2.45) is 13.0 Å². The van der Waals surface area contributed by atoms with Crippen LogP contribution in [0.25, 0.3) is 10.9 Å². The second kappa shape index (κ2) is 15.2. The fourth-order valence-electron chi connectivity index (χ4n) is 4.98. The molecule has 0 aliphatic rings. The highest BCUT2D eigenvalue weighted by Crippen LogP contribution is 2.33. The number of aliphatic hydroxyl groups is 1. The smallest absolute Gasteiger partial charge is 0.465 e. The summed E-state index contributed by atoms with van der Waals surface area (Å²) in [6.07, 6.45) is 5.80. The van der Waals surface area contributed by atoms with Gasteiger partial charge in [0.2, 0.25) is 5.69 Å². The van der Waals surface area contributed by atoms with Crippen LogP contribution in [0.4, 0.5) is 10.5 Å². The quantitative estimate of drug-likeness (QED) is 0.0712. The number of aryl methyl sites for hydroxylation is 1. The van der Waals surface area contributed by atoms with Crippen molar-refractivity contribution in [3.8, 4) is 0 Å². The van der Waals surface area contributed by atoms with Gasteiger partial charge in [0.25, 0.3) is 0 Å². The van der Waals surface area contributed by atoms with E-state index >= 15 is 0 Å². The molecule has 7 nitrogen and oxygen atoms in total. The zero-order valence-corrected chi connectivity index (χ0v) is 28.8. The third kappa shape index (κ3) is 9.37. The predicted molar refractivity (Wildman–Crippen MR) is 181 cm³/mol. The second-order valence-electron chi connectivity index (χ2n) is 13.4. The monoisotopic (exact) mass is 623 g/mol. The number of aromatic nitrogens is 1. The molecule has 0 spiro atoms. The summed E-state index contributed by atoms with van der Waals surface area (Å²) < 4.78 is 14.5. The van der Waals surface area contributed by atoms with Crippen molar-refractivity contribution in [3.05, 3.63) is 59.8 Å². The van der Waals surface area contributed by atoms with Gasteiger partial charge >= 0.3 is 18.0 Å². The molecule has 8 heteroatoms. The first-order chi connectivity index (χ1) is 20.7. The minimum atomic E-state index is -0.761. The lowest BCUT2D eigenvalue weighted by molar-refractivity contribution is -0.372. The molecule has 0 fully saturated rings. The van der Waals surface area contributed by atoms with Crippen molar-refractivity contribution in [1.82, 2.24) is 4.57 Å². The Kier molecular flexibility index (Phi) is 12.1. The van der Waals surface area contributed by atoms with E-state index in [1.165, 1.54) is 16.3 Å².